The number of nitrogens with one attached hydrogen (secondary N) is 1. The minimum Gasteiger partial charge on any atom is -0.444 e. The molecule has 0 aliphatic rings. The van der Waals surface area contributed by atoms with Crippen molar-refractivity contribution in [2.75, 3.05) is 11.9 Å². The summed E-state index contributed by atoms with van der Waals surface area (Å²) in [5, 5.41) is 11.3. The van der Waals surface area contributed by atoms with Gasteiger partial charge in [0.2, 0.25) is 0 Å². The van der Waals surface area contributed by atoms with Gasteiger partial charge < -0.3 is 15.6 Å². The zero-order valence-corrected chi connectivity index (χ0v) is 11.2. The van der Waals surface area contributed by atoms with Gasteiger partial charge >= 0.3 is 6.09 Å². The molecule has 0 saturated carbocycles. The van der Waals surface area contributed by atoms with Crippen LogP contribution in [-0.2, 0) is 4.74 Å². The third kappa shape index (κ3) is 4.84. The van der Waals surface area contributed by atoms with Gasteiger partial charge in [0.1, 0.15) is 11.4 Å². The van der Waals surface area contributed by atoms with Gasteiger partial charge in [-0.25, -0.2) is 9.18 Å². The van der Waals surface area contributed by atoms with E-state index in [-0.39, 0.29) is 17.9 Å². The summed E-state index contributed by atoms with van der Waals surface area (Å²) >= 11 is 0. The van der Waals surface area contributed by atoms with Crippen molar-refractivity contribution in [1.29, 1.82) is 0 Å². The third-order valence-corrected chi connectivity index (χ3v) is 2.24. The molecule has 19 heavy (non-hydrogen) atoms. The molecular weight excluding hydrogens is 251 g/mol. The van der Waals surface area contributed by atoms with Gasteiger partial charge in [-0.2, -0.15) is 0 Å². The Morgan fingerprint density at radius 1 is 1.53 bits per heavy atom. The molecule has 0 saturated heterocycles. The zero-order valence-electron chi connectivity index (χ0n) is 11.2. The molecule has 1 atom stereocenters. The van der Waals surface area contributed by atoms with Crippen LogP contribution in [0.3, 0.4) is 0 Å². The molecule has 0 spiro atoms. The molecule has 1 rings (SSSR count). The molecule has 0 aliphatic heterocycles. The van der Waals surface area contributed by atoms with Crippen LogP contribution in [0.2, 0.25) is 0 Å². The van der Waals surface area contributed by atoms with Gasteiger partial charge in [-0.05, 0) is 32.9 Å². The predicted octanol–water partition coefficient (Wildman–Crippen LogP) is 2.16. The molecule has 0 heterocycles. The third-order valence-electron chi connectivity index (χ3n) is 2.24. The van der Waals surface area contributed by atoms with E-state index in [1.807, 2.05) is 0 Å². The van der Waals surface area contributed by atoms with E-state index in [2.05, 4.69) is 5.32 Å². The molecule has 1 aromatic rings. The number of halogens is 1. The minimum atomic E-state index is -0.782. The normalized spacial score (nSPS) is 12.9. The van der Waals surface area contributed by atoms with Crippen LogP contribution in [0.15, 0.2) is 18.2 Å². The van der Waals surface area contributed by atoms with Crippen LogP contribution >= 0.6 is 0 Å². The Hall–Kier alpha value is -1.66. The van der Waals surface area contributed by atoms with E-state index in [0.717, 1.165) is 6.07 Å². The van der Waals surface area contributed by atoms with Crippen molar-refractivity contribution in [3.05, 3.63) is 29.6 Å². The molecule has 106 valence electrons. The standard InChI is InChI=1S/C13H19FN2O3/c1-13(2,3)19-12(18)16-8-4-5-9(10(14)6-8)11(15)7-17/h4-6,11,17H,7,15H2,1-3H3,(H,16,18)/t11-/m0/s1. The highest BCUT2D eigenvalue weighted by molar-refractivity contribution is 5.84. The van der Waals surface area contributed by atoms with Gasteiger partial charge in [0.05, 0.1) is 12.6 Å². The number of carbonyl (C=O) groups is 1. The van der Waals surface area contributed by atoms with Gasteiger partial charge in [0.25, 0.3) is 0 Å². The van der Waals surface area contributed by atoms with Crippen molar-refractivity contribution in [3.8, 4) is 0 Å². The van der Waals surface area contributed by atoms with E-state index in [9.17, 15) is 9.18 Å². The number of benzene rings is 1. The van der Waals surface area contributed by atoms with Crippen molar-refractivity contribution in [2.24, 2.45) is 5.73 Å². The van der Waals surface area contributed by atoms with E-state index in [4.69, 9.17) is 15.6 Å². The van der Waals surface area contributed by atoms with Gasteiger partial charge in [-0.3, -0.25) is 5.32 Å². The number of rotatable bonds is 3. The first-order valence-corrected chi connectivity index (χ1v) is 5.89. The predicted molar refractivity (Wildman–Crippen MR) is 70.3 cm³/mol. The second-order valence-electron chi connectivity index (χ2n) is 5.15. The summed E-state index contributed by atoms with van der Waals surface area (Å²) in [6.07, 6.45) is -0.661. The van der Waals surface area contributed by atoms with E-state index < -0.39 is 23.6 Å². The lowest BCUT2D eigenvalue weighted by Gasteiger charge is -2.20. The van der Waals surface area contributed by atoms with Gasteiger partial charge in [0.15, 0.2) is 0 Å². The molecular formula is C13H19FN2O3. The first-order chi connectivity index (χ1) is 8.73. The van der Waals surface area contributed by atoms with E-state index >= 15 is 0 Å². The average molecular weight is 270 g/mol. The number of aliphatic hydroxyl groups excluding tert-OH is 1. The van der Waals surface area contributed by atoms with E-state index in [1.165, 1.54) is 12.1 Å². The number of anilines is 1. The first-order valence-electron chi connectivity index (χ1n) is 5.89. The Labute approximate surface area is 111 Å². The second-order valence-corrected chi connectivity index (χ2v) is 5.15. The summed E-state index contributed by atoms with van der Waals surface area (Å²) in [5.41, 5.74) is 5.36. The molecule has 0 aromatic heterocycles. The number of nitrogens with two attached hydrogens (primary N) is 1. The Morgan fingerprint density at radius 3 is 2.63 bits per heavy atom. The number of ether oxygens (including phenoxy) is 1. The highest BCUT2D eigenvalue weighted by atomic mass is 19.1. The summed E-state index contributed by atoms with van der Waals surface area (Å²) in [6.45, 7) is 4.85. The number of amides is 1. The van der Waals surface area contributed by atoms with Crippen LogP contribution in [0.1, 0.15) is 32.4 Å². The number of hydrogen-bond donors (Lipinski definition) is 3. The van der Waals surface area contributed by atoms with Crippen LogP contribution in [0, 0.1) is 5.82 Å². The number of hydrogen-bond acceptors (Lipinski definition) is 4. The highest BCUT2D eigenvalue weighted by Gasteiger charge is 2.17. The fraction of sp³-hybridized carbons (Fsp3) is 0.462. The number of carbonyl (C=O) groups excluding carboxylic acids is 1. The van der Waals surface area contributed by atoms with Crippen LogP contribution in [0.4, 0.5) is 14.9 Å². The molecule has 1 aromatic carbocycles. The average Bonchev–Trinajstić information content (AvgIpc) is 2.25. The van der Waals surface area contributed by atoms with E-state index in [0.29, 0.717) is 0 Å². The lowest BCUT2D eigenvalue weighted by atomic mass is 10.1. The maximum Gasteiger partial charge on any atom is 0.412 e. The minimum absolute atomic E-state index is 0.192. The van der Waals surface area contributed by atoms with Gasteiger partial charge in [0, 0.05) is 11.3 Å². The molecule has 0 unspecified atom stereocenters. The fourth-order valence-corrected chi connectivity index (χ4v) is 1.43. The lowest BCUT2D eigenvalue weighted by Crippen LogP contribution is -2.27. The molecule has 0 radical (unpaired) electrons. The summed E-state index contributed by atoms with van der Waals surface area (Å²) in [5.74, 6) is -0.588. The van der Waals surface area contributed by atoms with Gasteiger partial charge in [-0.1, -0.05) is 6.07 Å². The summed E-state index contributed by atoms with van der Waals surface area (Å²) in [6, 6.07) is 3.27. The Bertz CT molecular complexity index is 458. The molecule has 4 N–H and O–H groups in total. The SMILES string of the molecule is CC(C)(C)OC(=O)Nc1ccc([C@@H](N)CO)c(F)c1. The molecule has 5 nitrogen and oxygen atoms in total. The van der Waals surface area contributed by atoms with Crippen LogP contribution in [0.5, 0.6) is 0 Å². The monoisotopic (exact) mass is 270 g/mol. The molecule has 0 fully saturated rings. The van der Waals surface area contributed by atoms with E-state index in [1.54, 1.807) is 20.8 Å². The maximum atomic E-state index is 13.7. The van der Waals surface area contributed by atoms with Crippen molar-refractivity contribution >= 4 is 11.8 Å². The largest absolute Gasteiger partial charge is 0.444 e. The second kappa shape index (κ2) is 5.99. The fourth-order valence-electron chi connectivity index (χ4n) is 1.43. The highest BCUT2D eigenvalue weighted by Crippen LogP contribution is 2.20. The smallest absolute Gasteiger partial charge is 0.412 e. The van der Waals surface area contributed by atoms with Crippen molar-refractivity contribution < 1.29 is 19.0 Å². The van der Waals surface area contributed by atoms with Crippen LogP contribution in [0.25, 0.3) is 0 Å². The summed E-state index contributed by atoms with van der Waals surface area (Å²) in [7, 11) is 0. The topological polar surface area (TPSA) is 84.6 Å². The quantitative estimate of drug-likeness (QED) is 0.785. The van der Waals surface area contributed by atoms with Gasteiger partial charge in [-0.15, -0.1) is 0 Å². The van der Waals surface area contributed by atoms with Crippen LogP contribution in [-0.4, -0.2) is 23.4 Å². The van der Waals surface area contributed by atoms with Crippen molar-refractivity contribution in [1.82, 2.24) is 0 Å². The molecule has 0 aliphatic carbocycles. The Morgan fingerprint density at radius 2 is 2.16 bits per heavy atom. The Balaban J connectivity index is 2.76. The molecule has 6 heteroatoms. The Kier molecular flexibility index (Phi) is 4.85. The first kappa shape index (κ1) is 15.4. The van der Waals surface area contributed by atoms with Crippen molar-refractivity contribution in [2.45, 2.75) is 32.4 Å². The maximum absolute atomic E-state index is 13.7. The summed E-state index contributed by atoms with van der Waals surface area (Å²) in [4.78, 5) is 11.5. The molecule has 0 bridgehead atoms. The van der Waals surface area contributed by atoms with Crippen LogP contribution < -0.4 is 11.1 Å². The lowest BCUT2D eigenvalue weighted by molar-refractivity contribution is 0.0636. The zero-order chi connectivity index (χ0) is 14.6. The summed E-state index contributed by atoms with van der Waals surface area (Å²) < 4.78 is 18.7. The van der Waals surface area contributed by atoms with Crippen molar-refractivity contribution in [3.63, 3.8) is 0 Å². The number of aliphatic hydroxyl groups is 1. The molecule has 1 amide bonds.